The summed E-state index contributed by atoms with van der Waals surface area (Å²) < 4.78 is 19.5. The van der Waals surface area contributed by atoms with Crippen molar-refractivity contribution in [1.82, 2.24) is 9.80 Å². The molecule has 0 radical (unpaired) electrons. The molecule has 0 unspecified atom stereocenters. The molecule has 1 atom stereocenters. The van der Waals surface area contributed by atoms with E-state index in [-0.39, 0.29) is 36.3 Å². The summed E-state index contributed by atoms with van der Waals surface area (Å²) in [5, 5.41) is 2.06. The highest BCUT2D eigenvalue weighted by Crippen LogP contribution is 2.35. The SMILES string of the molecule is Cc1ccccc1OC[C@H]1c2ccsc2CCN1C(=O)CN(C(=O)c1ccc(F)cc1)C1CC1. The molecule has 0 saturated heterocycles. The number of hydrogen-bond acceptors (Lipinski definition) is 4. The molecule has 0 spiro atoms. The maximum atomic E-state index is 13.6. The molecule has 5 rings (SSSR count). The lowest BCUT2D eigenvalue weighted by atomic mass is 10.00. The van der Waals surface area contributed by atoms with Gasteiger partial charge < -0.3 is 14.5 Å². The number of amides is 2. The average Bonchev–Trinajstić information content (AvgIpc) is 3.57. The van der Waals surface area contributed by atoms with Crippen molar-refractivity contribution in [1.29, 1.82) is 0 Å². The van der Waals surface area contributed by atoms with Gasteiger partial charge in [-0.15, -0.1) is 11.3 Å². The molecule has 1 aliphatic carbocycles. The topological polar surface area (TPSA) is 49.9 Å². The number of thiophene rings is 1. The molecule has 1 fully saturated rings. The summed E-state index contributed by atoms with van der Waals surface area (Å²) in [6, 6.07) is 15.3. The van der Waals surface area contributed by atoms with Gasteiger partial charge in [-0.1, -0.05) is 18.2 Å². The van der Waals surface area contributed by atoms with E-state index in [1.165, 1.54) is 29.1 Å². The summed E-state index contributed by atoms with van der Waals surface area (Å²) >= 11 is 1.71. The van der Waals surface area contributed by atoms with E-state index >= 15 is 0 Å². The lowest BCUT2D eigenvalue weighted by Crippen LogP contribution is -2.48. The summed E-state index contributed by atoms with van der Waals surface area (Å²) in [6.07, 6.45) is 2.57. The zero-order valence-electron chi connectivity index (χ0n) is 19.1. The van der Waals surface area contributed by atoms with Crippen LogP contribution >= 0.6 is 11.3 Å². The van der Waals surface area contributed by atoms with E-state index in [9.17, 15) is 14.0 Å². The van der Waals surface area contributed by atoms with Crippen LogP contribution in [0.25, 0.3) is 0 Å². The van der Waals surface area contributed by atoms with Crippen molar-refractivity contribution in [2.45, 2.75) is 38.3 Å². The zero-order chi connectivity index (χ0) is 23.7. The highest BCUT2D eigenvalue weighted by molar-refractivity contribution is 7.10. The molecular formula is C27H27FN2O3S. The van der Waals surface area contributed by atoms with E-state index in [1.54, 1.807) is 16.2 Å². The Balaban J connectivity index is 1.34. The Bertz CT molecular complexity index is 1190. The highest BCUT2D eigenvalue weighted by Gasteiger charge is 2.38. The highest BCUT2D eigenvalue weighted by atomic mass is 32.1. The Kier molecular flexibility index (Phi) is 6.37. The van der Waals surface area contributed by atoms with Crippen LogP contribution in [0.15, 0.2) is 60.0 Å². The second kappa shape index (κ2) is 9.58. The molecular weight excluding hydrogens is 451 g/mol. The molecule has 3 aromatic rings. The van der Waals surface area contributed by atoms with Gasteiger partial charge in [0.2, 0.25) is 5.91 Å². The summed E-state index contributed by atoms with van der Waals surface area (Å²) in [5.41, 5.74) is 2.58. The number of para-hydroxylation sites is 1. The Morgan fingerprint density at radius 3 is 2.62 bits per heavy atom. The fourth-order valence-electron chi connectivity index (χ4n) is 4.51. The van der Waals surface area contributed by atoms with Crippen LogP contribution in [0.3, 0.4) is 0 Å². The quantitative estimate of drug-likeness (QED) is 0.480. The third-order valence-corrected chi connectivity index (χ3v) is 7.55. The molecule has 2 heterocycles. The van der Waals surface area contributed by atoms with Gasteiger partial charge in [0, 0.05) is 23.0 Å². The zero-order valence-corrected chi connectivity index (χ0v) is 19.9. The van der Waals surface area contributed by atoms with E-state index in [2.05, 4.69) is 11.4 Å². The average molecular weight is 479 g/mol. The Morgan fingerprint density at radius 1 is 1.12 bits per heavy atom. The number of nitrogens with zero attached hydrogens (tertiary/aromatic N) is 2. The molecule has 7 heteroatoms. The number of benzene rings is 2. The number of ether oxygens (including phenoxy) is 1. The maximum absolute atomic E-state index is 13.6. The molecule has 1 aliphatic heterocycles. The van der Waals surface area contributed by atoms with Crippen molar-refractivity contribution in [2.24, 2.45) is 0 Å². The molecule has 2 amide bonds. The Morgan fingerprint density at radius 2 is 1.88 bits per heavy atom. The summed E-state index contributed by atoms with van der Waals surface area (Å²) in [4.78, 5) is 31.5. The Labute approximate surface area is 202 Å². The molecule has 2 aliphatic rings. The minimum absolute atomic E-state index is 0.0151. The number of fused-ring (bicyclic) bond motifs is 1. The van der Waals surface area contributed by atoms with Gasteiger partial charge in [0.1, 0.15) is 24.7 Å². The van der Waals surface area contributed by atoms with Gasteiger partial charge in [0.15, 0.2) is 0 Å². The van der Waals surface area contributed by atoms with Gasteiger partial charge in [0.25, 0.3) is 5.91 Å². The smallest absolute Gasteiger partial charge is 0.254 e. The van der Waals surface area contributed by atoms with Crippen LogP contribution in [-0.2, 0) is 11.2 Å². The van der Waals surface area contributed by atoms with Crippen LogP contribution in [0.2, 0.25) is 0 Å². The van der Waals surface area contributed by atoms with Crippen LogP contribution in [0, 0.1) is 12.7 Å². The van der Waals surface area contributed by atoms with Gasteiger partial charge in [-0.3, -0.25) is 9.59 Å². The van der Waals surface area contributed by atoms with Crippen LogP contribution in [0.4, 0.5) is 4.39 Å². The first kappa shape index (κ1) is 22.6. The minimum atomic E-state index is -0.387. The van der Waals surface area contributed by atoms with E-state index in [1.807, 2.05) is 36.1 Å². The van der Waals surface area contributed by atoms with E-state index in [4.69, 9.17) is 4.74 Å². The van der Waals surface area contributed by atoms with Crippen LogP contribution < -0.4 is 4.74 Å². The van der Waals surface area contributed by atoms with Crippen molar-refractivity contribution in [3.8, 4) is 5.75 Å². The lowest BCUT2D eigenvalue weighted by Gasteiger charge is -2.37. The third-order valence-electron chi connectivity index (χ3n) is 6.55. The fourth-order valence-corrected chi connectivity index (χ4v) is 5.44. The van der Waals surface area contributed by atoms with Crippen molar-refractivity contribution < 1.29 is 18.7 Å². The summed E-state index contributed by atoms with van der Waals surface area (Å²) in [7, 11) is 0. The number of rotatable bonds is 7. The molecule has 0 N–H and O–H groups in total. The lowest BCUT2D eigenvalue weighted by molar-refractivity contribution is -0.135. The fraction of sp³-hybridized carbons (Fsp3) is 0.333. The van der Waals surface area contributed by atoms with Crippen LogP contribution in [0.5, 0.6) is 5.75 Å². The van der Waals surface area contributed by atoms with Crippen molar-refractivity contribution in [3.05, 3.63) is 87.4 Å². The second-order valence-corrected chi connectivity index (χ2v) is 9.90. The predicted molar refractivity (Wildman–Crippen MR) is 130 cm³/mol. The first-order valence-electron chi connectivity index (χ1n) is 11.6. The van der Waals surface area contributed by atoms with Crippen molar-refractivity contribution >= 4 is 23.2 Å². The summed E-state index contributed by atoms with van der Waals surface area (Å²) in [6.45, 7) is 2.97. The minimum Gasteiger partial charge on any atom is -0.491 e. The molecule has 0 bridgehead atoms. The standard InChI is InChI=1S/C27H27FN2O3S/c1-18-4-2-3-5-24(18)33-17-23-22-13-15-34-25(22)12-14-29(23)26(31)16-30(21-10-11-21)27(32)19-6-8-20(28)9-7-19/h2-9,13,15,21,23H,10-12,14,16-17H2,1H3/t23-/m0/s1. The first-order chi connectivity index (χ1) is 16.5. The molecule has 176 valence electrons. The largest absolute Gasteiger partial charge is 0.491 e. The van der Waals surface area contributed by atoms with E-state index < -0.39 is 0 Å². The van der Waals surface area contributed by atoms with E-state index in [0.717, 1.165) is 36.1 Å². The normalized spacial score (nSPS) is 17.2. The van der Waals surface area contributed by atoms with Gasteiger partial charge >= 0.3 is 0 Å². The number of aryl methyl sites for hydroxylation is 1. The van der Waals surface area contributed by atoms with E-state index in [0.29, 0.717) is 18.7 Å². The molecule has 1 saturated carbocycles. The van der Waals surface area contributed by atoms with Crippen molar-refractivity contribution in [3.63, 3.8) is 0 Å². The van der Waals surface area contributed by atoms with Crippen LogP contribution in [0.1, 0.15) is 45.2 Å². The van der Waals surface area contributed by atoms with Gasteiger partial charge in [-0.2, -0.15) is 0 Å². The number of carbonyl (C=O) groups excluding carboxylic acids is 2. The number of halogens is 1. The molecule has 5 nitrogen and oxygen atoms in total. The van der Waals surface area contributed by atoms with Crippen LogP contribution in [-0.4, -0.2) is 47.4 Å². The monoisotopic (exact) mass is 478 g/mol. The Hall–Kier alpha value is -3.19. The van der Waals surface area contributed by atoms with Gasteiger partial charge in [-0.05, 0) is 79.1 Å². The number of hydrogen-bond donors (Lipinski definition) is 0. The summed E-state index contributed by atoms with van der Waals surface area (Å²) in [5.74, 6) is 0.111. The van der Waals surface area contributed by atoms with Gasteiger partial charge in [-0.25, -0.2) is 4.39 Å². The van der Waals surface area contributed by atoms with Gasteiger partial charge in [0.05, 0.1) is 6.04 Å². The predicted octanol–water partition coefficient (Wildman–Crippen LogP) is 5.01. The second-order valence-electron chi connectivity index (χ2n) is 8.90. The first-order valence-corrected chi connectivity index (χ1v) is 12.5. The molecule has 2 aromatic carbocycles. The maximum Gasteiger partial charge on any atom is 0.254 e. The third kappa shape index (κ3) is 4.71. The van der Waals surface area contributed by atoms with Crippen molar-refractivity contribution in [2.75, 3.05) is 19.7 Å². The molecule has 1 aromatic heterocycles. The number of carbonyl (C=O) groups is 2. The molecule has 34 heavy (non-hydrogen) atoms.